The zero-order chi connectivity index (χ0) is 14.4. The molecule has 0 spiro atoms. The zero-order valence-electron chi connectivity index (χ0n) is 14.8. The van der Waals surface area contributed by atoms with E-state index in [4.69, 9.17) is 0 Å². The molecule has 0 radical (unpaired) electrons. The first-order valence-electron chi connectivity index (χ1n) is 7.27. The van der Waals surface area contributed by atoms with Crippen LogP contribution in [0.5, 0.6) is 0 Å². The number of fused-ring (bicyclic) bond motifs is 1. The molecule has 1 fully saturated rings. The number of aromatic nitrogens is 4. The number of rotatable bonds is 2. The molecule has 2 aromatic heterocycles. The van der Waals surface area contributed by atoms with Gasteiger partial charge in [0.2, 0.25) is 0 Å². The van der Waals surface area contributed by atoms with Gasteiger partial charge in [-0.1, -0.05) is 27.8 Å². The predicted molar refractivity (Wildman–Crippen MR) is 79.0 cm³/mol. The number of imidazole rings is 1. The Bertz CT molecular complexity index is 642. The van der Waals surface area contributed by atoms with Crippen molar-refractivity contribution in [3.63, 3.8) is 0 Å². The molecule has 7 heteroatoms. The summed E-state index contributed by atoms with van der Waals surface area (Å²) in [4.78, 5) is 13.1. The van der Waals surface area contributed by atoms with Gasteiger partial charge in [-0.25, -0.2) is 0 Å². The van der Waals surface area contributed by atoms with Crippen molar-refractivity contribution in [3.8, 4) is 0 Å². The van der Waals surface area contributed by atoms with Gasteiger partial charge in [0.1, 0.15) is 0 Å². The van der Waals surface area contributed by atoms with Crippen LogP contribution in [0.4, 0.5) is 5.82 Å². The Morgan fingerprint density at radius 3 is 2.36 bits per heavy atom. The van der Waals surface area contributed by atoms with Crippen LogP contribution < -0.4 is 116 Å². The number of hydrogen-bond donors (Lipinski definition) is 0. The summed E-state index contributed by atoms with van der Waals surface area (Å²) in [5.41, 5.74) is 1.67. The Hall–Kier alpha value is 1.96. The Balaban J connectivity index is 0.00000121. The average molecular weight is 442 g/mol. The third-order valence-electron chi connectivity index (χ3n) is 5.08. The summed E-state index contributed by atoms with van der Waals surface area (Å²) in [7, 11) is 1.73. The first-order chi connectivity index (χ1) is 9.54. The van der Waals surface area contributed by atoms with Gasteiger partial charge in [-0.2, -0.15) is 5.82 Å². The monoisotopic (exact) mass is 441 g/mol. The SMILES string of the molecule is C[N-]c1n[c-]nc2c1nc(C)n2C1CC(C)C(C)C1C.[Rb+].[Rb+]. The van der Waals surface area contributed by atoms with Gasteiger partial charge in [-0.05, 0) is 36.6 Å². The molecule has 2 heterocycles. The topological polar surface area (TPSA) is 57.7 Å². The van der Waals surface area contributed by atoms with Crippen LogP contribution in [0.2, 0.25) is 0 Å². The summed E-state index contributed by atoms with van der Waals surface area (Å²) >= 11 is 0. The quantitative estimate of drug-likeness (QED) is 0.481. The molecule has 1 aliphatic carbocycles. The molecule has 22 heavy (non-hydrogen) atoms. The maximum atomic E-state index is 4.64. The molecule has 1 saturated carbocycles. The van der Waals surface area contributed by atoms with Crippen LogP contribution in [-0.4, -0.2) is 26.6 Å². The van der Waals surface area contributed by atoms with Crippen molar-refractivity contribution < 1.29 is 116 Å². The van der Waals surface area contributed by atoms with Gasteiger partial charge in [0.25, 0.3) is 0 Å². The van der Waals surface area contributed by atoms with E-state index in [0.29, 0.717) is 17.8 Å². The van der Waals surface area contributed by atoms with Gasteiger partial charge in [0.15, 0.2) is 0 Å². The Kier molecular flexibility index (Phi) is 9.06. The number of aryl methyl sites for hydroxylation is 1. The molecular formula is C15H21N5Rb2. The van der Waals surface area contributed by atoms with Crippen molar-refractivity contribution in [2.75, 3.05) is 7.05 Å². The molecule has 0 amide bonds. The van der Waals surface area contributed by atoms with Gasteiger partial charge in [0.05, 0.1) is 5.82 Å². The van der Waals surface area contributed by atoms with E-state index in [1.165, 1.54) is 6.42 Å². The molecule has 2 aromatic rings. The fourth-order valence-electron chi connectivity index (χ4n) is 3.53. The fourth-order valence-corrected chi connectivity index (χ4v) is 3.53. The number of hydrogen-bond acceptors (Lipinski definition) is 3. The molecule has 0 bridgehead atoms. The van der Waals surface area contributed by atoms with Crippen LogP contribution in [0.3, 0.4) is 0 Å². The normalized spacial score (nSPS) is 27.3. The zero-order valence-corrected chi connectivity index (χ0v) is 24.6. The molecule has 0 aliphatic heterocycles. The summed E-state index contributed by atoms with van der Waals surface area (Å²) in [6.45, 7) is 9.06. The van der Waals surface area contributed by atoms with Crippen LogP contribution in [0.25, 0.3) is 16.5 Å². The minimum absolute atomic E-state index is 0. The van der Waals surface area contributed by atoms with Crippen LogP contribution in [0, 0.1) is 31.0 Å². The van der Waals surface area contributed by atoms with E-state index < -0.39 is 0 Å². The second-order valence-corrected chi connectivity index (χ2v) is 6.07. The van der Waals surface area contributed by atoms with Crippen LogP contribution in [0.15, 0.2) is 0 Å². The predicted octanol–water partition coefficient (Wildman–Crippen LogP) is -2.57. The van der Waals surface area contributed by atoms with Crippen molar-refractivity contribution in [1.82, 2.24) is 19.5 Å². The Morgan fingerprint density at radius 1 is 1.14 bits per heavy atom. The molecule has 108 valence electrons. The first kappa shape index (κ1) is 22.0. The third-order valence-corrected chi connectivity index (χ3v) is 5.08. The minimum Gasteiger partial charge on any atom is -0.553 e. The summed E-state index contributed by atoms with van der Waals surface area (Å²) in [5.74, 6) is 3.70. The standard InChI is InChI=1S/C15H21N5.2Rb/c1-8-6-12(10(3)9(8)2)20-11(4)19-13-14(16-5)17-7-18-15(13)20;;/h8-10,12H,6H2,1-5H3;;/q-2;2*+1. The van der Waals surface area contributed by atoms with Gasteiger partial charge in [-0.3, -0.25) is 4.98 Å². The summed E-state index contributed by atoms with van der Waals surface area (Å²) in [6, 6.07) is 0.456. The van der Waals surface area contributed by atoms with E-state index in [1.807, 2.05) is 6.92 Å². The maximum absolute atomic E-state index is 4.64. The van der Waals surface area contributed by atoms with Gasteiger partial charge in [0, 0.05) is 11.7 Å². The maximum Gasteiger partial charge on any atom is 1.00 e. The van der Waals surface area contributed by atoms with Crippen molar-refractivity contribution in [3.05, 3.63) is 17.5 Å². The van der Waals surface area contributed by atoms with Crippen LogP contribution in [0.1, 0.15) is 39.1 Å². The first-order valence-corrected chi connectivity index (χ1v) is 7.27. The molecule has 1 aliphatic rings. The second kappa shape index (κ2) is 9.06. The van der Waals surface area contributed by atoms with E-state index in [1.54, 1.807) is 7.05 Å². The van der Waals surface area contributed by atoms with Crippen molar-refractivity contribution in [1.29, 1.82) is 0 Å². The number of nitrogens with zero attached hydrogens (tertiary/aromatic N) is 5. The molecular weight excluding hydrogens is 421 g/mol. The molecule has 0 saturated heterocycles. The Morgan fingerprint density at radius 2 is 1.82 bits per heavy atom. The van der Waals surface area contributed by atoms with Crippen molar-refractivity contribution in [2.24, 2.45) is 17.8 Å². The summed E-state index contributed by atoms with van der Waals surface area (Å²) in [6.07, 6.45) is 3.89. The molecule has 4 unspecified atom stereocenters. The molecule has 0 N–H and O–H groups in total. The largest absolute Gasteiger partial charge is 1.00 e. The smallest absolute Gasteiger partial charge is 0.553 e. The summed E-state index contributed by atoms with van der Waals surface area (Å²) < 4.78 is 2.27. The minimum atomic E-state index is 0. The van der Waals surface area contributed by atoms with E-state index in [-0.39, 0.29) is 116 Å². The van der Waals surface area contributed by atoms with Gasteiger partial charge >= 0.3 is 116 Å². The van der Waals surface area contributed by atoms with Crippen molar-refractivity contribution >= 4 is 17.0 Å². The van der Waals surface area contributed by atoms with E-state index in [9.17, 15) is 0 Å². The Labute approximate surface area is 230 Å². The van der Waals surface area contributed by atoms with Crippen LogP contribution in [-0.2, 0) is 0 Å². The third kappa shape index (κ3) is 3.87. The van der Waals surface area contributed by atoms with Crippen LogP contribution >= 0.6 is 0 Å². The molecule has 3 rings (SSSR count). The van der Waals surface area contributed by atoms with Gasteiger partial charge in [-0.15, -0.1) is 6.33 Å². The second-order valence-electron chi connectivity index (χ2n) is 6.07. The van der Waals surface area contributed by atoms with E-state index in [2.05, 4.69) is 51.9 Å². The van der Waals surface area contributed by atoms with E-state index in [0.717, 1.165) is 28.8 Å². The molecule has 4 atom stereocenters. The van der Waals surface area contributed by atoms with Gasteiger partial charge < -0.3 is 19.9 Å². The average Bonchev–Trinajstić information content (AvgIpc) is 2.89. The fraction of sp³-hybridized carbons (Fsp3) is 0.667. The van der Waals surface area contributed by atoms with E-state index >= 15 is 0 Å². The van der Waals surface area contributed by atoms with Crippen molar-refractivity contribution in [2.45, 2.75) is 40.2 Å². The molecule has 5 nitrogen and oxygen atoms in total. The molecule has 0 aromatic carbocycles. The summed E-state index contributed by atoms with van der Waals surface area (Å²) in [5, 5.41) is 4.17.